The molecule has 0 radical (unpaired) electrons. The largest absolute Gasteiger partial charge is 0.416 e. The molecular weight excluding hydrogens is 555 g/mol. The van der Waals surface area contributed by atoms with Crippen LogP contribution in [0.5, 0.6) is 0 Å². The van der Waals surface area contributed by atoms with Crippen LogP contribution in [0.1, 0.15) is 49.4 Å². The summed E-state index contributed by atoms with van der Waals surface area (Å²) in [5.41, 5.74) is 5.43. The van der Waals surface area contributed by atoms with Crippen LogP contribution in [-0.4, -0.2) is 66.7 Å². The second kappa shape index (κ2) is 12.7. The van der Waals surface area contributed by atoms with Crippen molar-refractivity contribution in [2.45, 2.75) is 39.0 Å². The standard InChI is InChI=1S/C33H36F3N5O2/c1-21-4-5-22(12-27(21)18-38-28-15-25-14-26(32(43)37-2)17-30(25)39-19-28)13-31(42)23-6-7-24(29(16-23)33(34,35)36)20-41-10-8-40(3)9-11-41/h4-7,12,14-16,19,38H,8-11,13,17-18,20H2,1-3H3,(H,37,43). The molecule has 1 aliphatic heterocycles. The number of nitrogens with one attached hydrogen (secondary N) is 2. The number of halogens is 3. The number of ketones is 1. The molecule has 0 spiro atoms. The van der Waals surface area contributed by atoms with Crippen LogP contribution in [0, 0.1) is 6.92 Å². The van der Waals surface area contributed by atoms with Crippen molar-refractivity contribution in [1.29, 1.82) is 0 Å². The van der Waals surface area contributed by atoms with E-state index in [2.05, 4.69) is 20.5 Å². The predicted molar refractivity (Wildman–Crippen MR) is 161 cm³/mol. The Morgan fingerprint density at radius 1 is 1.00 bits per heavy atom. The van der Waals surface area contributed by atoms with E-state index >= 15 is 0 Å². The molecule has 2 heterocycles. The van der Waals surface area contributed by atoms with Gasteiger partial charge in [0.15, 0.2) is 5.78 Å². The van der Waals surface area contributed by atoms with E-state index in [9.17, 15) is 22.8 Å². The van der Waals surface area contributed by atoms with Gasteiger partial charge in [0.1, 0.15) is 0 Å². The molecule has 0 atom stereocenters. The number of alkyl halides is 3. The van der Waals surface area contributed by atoms with Gasteiger partial charge < -0.3 is 15.5 Å². The average molecular weight is 592 g/mol. The Morgan fingerprint density at radius 3 is 2.49 bits per heavy atom. The Balaban J connectivity index is 1.26. The number of aromatic nitrogens is 1. The number of likely N-dealkylation sites (N-methyl/N-ethyl adjacent to an activating group) is 2. The summed E-state index contributed by atoms with van der Waals surface area (Å²) in [6.07, 6.45) is -0.488. The van der Waals surface area contributed by atoms with Crippen molar-refractivity contribution in [3.63, 3.8) is 0 Å². The number of carbonyl (C=O) groups excluding carboxylic acids is 2. The number of piperazine rings is 1. The normalized spacial score (nSPS) is 15.6. The highest BCUT2D eigenvalue weighted by molar-refractivity contribution is 6.00. The number of hydrogen-bond acceptors (Lipinski definition) is 6. The highest BCUT2D eigenvalue weighted by Crippen LogP contribution is 2.34. The SMILES string of the molecule is CNC(=O)C1=Cc2cc(NCc3cc(CC(=O)c4ccc(CN5CCN(C)CC5)c(C(F)(F)F)c4)ccc3C)cnc2C1. The van der Waals surface area contributed by atoms with E-state index in [0.717, 1.165) is 52.8 Å². The number of hydrogen-bond donors (Lipinski definition) is 2. The lowest BCUT2D eigenvalue weighted by atomic mass is 9.96. The van der Waals surface area contributed by atoms with Crippen molar-refractivity contribution in [2.24, 2.45) is 0 Å². The third kappa shape index (κ3) is 7.32. The zero-order chi connectivity index (χ0) is 30.7. The molecule has 1 aliphatic carbocycles. The topological polar surface area (TPSA) is 77.6 Å². The number of Topliss-reactive ketones (excluding diaryl/α,β-unsaturated/α-hetero) is 1. The number of benzene rings is 2. The highest BCUT2D eigenvalue weighted by Gasteiger charge is 2.34. The van der Waals surface area contributed by atoms with Crippen molar-refractivity contribution in [2.75, 3.05) is 45.6 Å². The molecule has 0 bridgehead atoms. The first-order valence-electron chi connectivity index (χ1n) is 14.4. The van der Waals surface area contributed by atoms with E-state index in [0.29, 0.717) is 31.6 Å². The summed E-state index contributed by atoms with van der Waals surface area (Å²) in [7, 11) is 3.60. The molecule has 2 N–H and O–H groups in total. The van der Waals surface area contributed by atoms with Gasteiger partial charge in [-0.25, -0.2) is 0 Å². The molecular formula is C33H36F3N5O2. The second-order valence-corrected chi connectivity index (χ2v) is 11.3. The lowest BCUT2D eigenvalue weighted by Gasteiger charge is -2.33. The first-order chi connectivity index (χ1) is 20.5. The lowest BCUT2D eigenvalue weighted by Crippen LogP contribution is -2.44. The number of rotatable bonds is 9. The van der Waals surface area contributed by atoms with Gasteiger partial charge in [0.05, 0.1) is 23.1 Å². The first kappa shape index (κ1) is 30.4. The van der Waals surface area contributed by atoms with Gasteiger partial charge in [0.2, 0.25) is 5.91 Å². The summed E-state index contributed by atoms with van der Waals surface area (Å²) in [5.74, 6) is -0.480. The second-order valence-electron chi connectivity index (χ2n) is 11.3. The molecule has 10 heteroatoms. The summed E-state index contributed by atoms with van der Waals surface area (Å²) in [4.78, 5) is 33.8. The van der Waals surface area contributed by atoms with Crippen LogP contribution < -0.4 is 10.6 Å². The Hall–Kier alpha value is -4.02. The number of anilines is 1. The molecule has 7 nitrogen and oxygen atoms in total. The van der Waals surface area contributed by atoms with E-state index in [1.807, 2.05) is 49.2 Å². The van der Waals surface area contributed by atoms with Crippen molar-refractivity contribution >= 4 is 23.5 Å². The van der Waals surface area contributed by atoms with E-state index in [1.165, 1.54) is 12.1 Å². The Labute approximate surface area is 249 Å². The summed E-state index contributed by atoms with van der Waals surface area (Å²) < 4.78 is 42.1. The molecule has 1 fully saturated rings. The minimum atomic E-state index is -4.55. The number of fused-ring (bicyclic) bond motifs is 1. The van der Waals surface area contributed by atoms with Gasteiger partial charge in [-0.3, -0.25) is 19.5 Å². The highest BCUT2D eigenvalue weighted by atomic mass is 19.4. The smallest absolute Gasteiger partial charge is 0.380 e. The average Bonchev–Trinajstić information content (AvgIpc) is 3.41. The van der Waals surface area contributed by atoms with E-state index in [-0.39, 0.29) is 35.8 Å². The fourth-order valence-electron chi connectivity index (χ4n) is 5.51. The van der Waals surface area contributed by atoms with Gasteiger partial charge in [-0.15, -0.1) is 0 Å². The summed E-state index contributed by atoms with van der Waals surface area (Å²) in [6, 6.07) is 11.6. The molecule has 1 amide bonds. The predicted octanol–water partition coefficient (Wildman–Crippen LogP) is 4.88. The van der Waals surface area contributed by atoms with Crippen molar-refractivity contribution in [3.05, 3.63) is 98.9 Å². The number of carbonyl (C=O) groups is 2. The van der Waals surface area contributed by atoms with Gasteiger partial charge in [0.25, 0.3) is 0 Å². The van der Waals surface area contributed by atoms with E-state index in [1.54, 1.807) is 13.2 Å². The van der Waals surface area contributed by atoms with Gasteiger partial charge in [-0.05, 0) is 60.0 Å². The fraction of sp³-hybridized carbons (Fsp3) is 0.364. The lowest BCUT2D eigenvalue weighted by molar-refractivity contribution is -0.138. The first-order valence-corrected chi connectivity index (χ1v) is 14.4. The van der Waals surface area contributed by atoms with E-state index in [4.69, 9.17) is 0 Å². The molecule has 3 aromatic rings. The maximum atomic E-state index is 14.0. The molecule has 226 valence electrons. The molecule has 0 saturated carbocycles. The van der Waals surface area contributed by atoms with Gasteiger partial charge in [0, 0.05) is 70.3 Å². The number of amides is 1. The molecule has 2 aliphatic rings. The van der Waals surface area contributed by atoms with Gasteiger partial charge >= 0.3 is 6.18 Å². The van der Waals surface area contributed by atoms with Crippen LogP contribution in [0.3, 0.4) is 0 Å². The van der Waals surface area contributed by atoms with Gasteiger partial charge in [-0.1, -0.05) is 30.3 Å². The van der Waals surface area contributed by atoms with Crippen LogP contribution in [0.25, 0.3) is 6.08 Å². The number of pyridine rings is 1. The third-order valence-corrected chi connectivity index (χ3v) is 8.20. The monoisotopic (exact) mass is 591 g/mol. The molecule has 1 saturated heterocycles. The third-order valence-electron chi connectivity index (χ3n) is 8.20. The molecule has 0 unspecified atom stereocenters. The number of nitrogens with zero attached hydrogens (tertiary/aromatic N) is 3. The minimum absolute atomic E-state index is 0.00412. The van der Waals surface area contributed by atoms with Crippen LogP contribution in [0.2, 0.25) is 0 Å². The zero-order valence-corrected chi connectivity index (χ0v) is 24.6. The summed E-state index contributed by atoms with van der Waals surface area (Å²) >= 11 is 0. The molecule has 2 aromatic carbocycles. The zero-order valence-electron chi connectivity index (χ0n) is 24.6. The Morgan fingerprint density at radius 2 is 1.77 bits per heavy atom. The van der Waals surface area contributed by atoms with Crippen molar-refractivity contribution in [1.82, 2.24) is 20.1 Å². The maximum absolute atomic E-state index is 14.0. The van der Waals surface area contributed by atoms with E-state index < -0.39 is 11.7 Å². The minimum Gasteiger partial charge on any atom is -0.380 e. The van der Waals surface area contributed by atoms with Crippen LogP contribution in [0.15, 0.2) is 54.2 Å². The van der Waals surface area contributed by atoms with Crippen LogP contribution in [0.4, 0.5) is 18.9 Å². The van der Waals surface area contributed by atoms with Crippen LogP contribution >= 0.6 is 0 Å². The molecule has 5 rings (SSSR count). The van der Waals surface area contributed by atoms with Crippen molar-refractivity contribution in [3.8, 4) is 0 Å². The Kier molecular flexibility index (Phi) is 8.98. The summed E-state index contributed by atoms with van der Waals surface area (Å²) in [5, 5.41) is 6.00. The summed E-state index contributed by atoms with van der Waals surface area (Å²) in [6.45, 7) is 5.68. The maximum Gasteiger partial charge on any atom is 0.416 e. The number of aryl methyl sites for hydroxylation is 1. The molecule has 43 heavy (non-hydrogen) atoms. The Bertz CT molecular complexity index is 1560. The fourth-order valence-corrected chi connectivity index (χ4v) is 5.51. The van der Waals surface area contributed by atoms with Gasteiger partial charge in [-0.2, -0.15) is 13.2 Å². The van der Waals surface area contributed by atoms with Crippen LogP contribution in [-0.2, 0) is 36.9 Å². The van der Waals surface area contributed by atoms with Crippen molar-refractivity contribution < 1.29 is 22.8 Å². The molecule has 1 aromatic heterocycles. The quantitative estimate of drug-likeness (QED) is 0.346.